The molecule has 0 bridgehead atoms. The van der Waals surface area contributed by atoms with Gasteiger partial charge in [0.2, 0.25) is 0 Å². The molecule has 4 nitrogen and oxygen atoms in total. The zero-order valence-corrected chi connectivity index (χ0v) is 10.9. The van der Waals surface area contributed by atoms with Crippen LogP contribution < -0.4 is 0 Å². The van der Waals surface area contributed by atoms with Gasteiger partial charge in [-0.3, -0.25) is 4.68 Å². The van der Waals surface area contributed by atoms with Crippen molar-refractivity contribution in [2.45, 2.75) is 38.8 Å². The van der Waals surface area contributed by atoms with Crippen molar-refractivity contribution in [3.05, 3.63) is 41.0 Å². The maximum Gasteiger partial charge on any atom is 0.0821 e. The Morgan fingerprint density at radius 3 is 3.06 bits per heavy atom. The van der Waals surface area contributed by atoms with Crippen LogP contribution in [0.3, 0.4) is 0 Å². The van der Waals surface area contributed by atoms with Gasteiger partial charge in [-0.1, -0.05) is 0 Å². The summed E-state index contributed by atoms with van der Waals surface area (Å²) in [7, 11) is 1.94. The average Bonchev–Trinajstić information content (AvgIpc) is 2.87. The second kappa shape index (κ2) is 4.28. The third-order valence-corrected chi connectivity index (χ3v) is 3.79. The highest BCUT2D eigenvalue weighted by atomic mass is 16.3. The van der Waals surface area contributed by atoms with E-state index in [2.05, 4.69) is 22.7 Å². The molecule has 1 aliphatic rings. The Morgan fingerprint density at radius 2 is 2.33 bits per heavy atom. The van der Waals surface area contributed by atoms with Crippen LogP contribution in [0.25, 0.3) is 0 Å². The first-order chi connectivity index (χ1) is 8.65. The molecule has 96 valence electrons. The van der Waals surface area contributed by atoms with Gasteiger partial charge in [-0.2, -0.15) is 5.10 Å². The predicted molar refractivity (Wildman–Crippen MR) is 69.4 cm³/mol. The minimum atomic E-state index is -0.280. The predicted octanol–water partition coefficient (Wildman–Crippen LogP) is 1.95. The van der Waals surface area contributed by atoms with E-state index in [1.165, 1.54) is 11.4 Å². The molecule has 2 aromatic rings. The second-order valence-corrected chi connectivity index (χ2v) is 5.16. The maximum atomic E-state index is 10.0. The lowest BCUT2D eigenvalue weighted by atomic mass is 9.95. The van der Waals surface area contributed by atoms with E-state index < -0.39 is 0 Å². The molecule has 1 atom stereocenters. The summed E-state index contributed by atoms with van der Waals surface area (Å²) in [5.41, 5.74) is 4.69. The average molecular weight is 245 g/mol. The Balaban J connectivity index is 1.97. The molecular weight excluding hydrogens is 226 g/mol. The molecular formula is C14H19N3O. The molecule has 0 spiro atoms. The molecule has 3 rings (SSSR count). The molecule has 0 aromatic carbocycles. The molecule has 2 heterocycles. The van der Waals surface area contributed by atoms with E-state index in [1.54, 1.807) is 0 Å². The Labute approximate surface area is 107 Å². The summed E-state index contributed by atoms with van der Waals surface area (Å²) in [6, 6.07) is 4.17. The molecule has 1 N–H and O–H groups in total. The number of fused-ring (bicyclic) bond motifs is 1. The highest BCUT2D eigenvalue weighted by molar-refractivity contribution is 5.32. The van der Waals surface area contributed by atoms with Gasteiger partial charge in [-0.05, 0) is 38.3 Å². The van der Waals surface area contributed by atoms with Gasteiger partial charge in [0.1, 0.15) is 0 Å². The van der Waals surface area contributed by atoms with Crippen molar-refractivity contribution in [3.8, 4) is 0 Å². The molecule has 4 heteroatoms. The van der Waals surface area contributed by atoms with Crippen LogP contribution in [0.4, 0.5) is 0 Å². The normalized spacial score (nSPS) is 18.9. The number of nitrogens with zero attached hydrogens (tertiary/aromatic N) is 3. The van der Waals surface area contributed by atoms with Crippen molar-refractivity contribution in [1.82, 2.24) is 14.3 Å². The molecule has 0 amide bonds. The number of rotatable bonds is 2. The largest absolute Gasteiger partial charge is 0.388 e. The summed E-state index contributed by atoms with van der Waals surface area (Å²) in [4.78, 5) is 0. The third-order valence-electron chi connectivity index (χ3n) is 3.79. The number of hydrogen-bond acceptors (Lipinski definition) is 2. The molecule has 18 heavy (non-hydrogen) atoms. The second-order valence-electron chi connectivity index (χ2n) is 5.16. The minimum absolute atomic E-state index is 0.280. The lowest BCUT2D eigenvalue weighted by Crippen LogP contribution is -2.13. The number of hydrogen-bond donors (Lipinski definition) is 1. The monoisotopic (exact) mass is 245 g/mol. The highest BCUT2D eigenvalue weighted by Gasteiger charge is 2.23. The first kappa shape index (κ1) is 11.5. The van der Waals surface area contributed by atoms with Gasteiger partial charge in [-0.25, -0.2) is 0 Å². The van der Waals surface area contributed by atoms with Crippen LogP contribution >= 0.6 is 0 Å². The van der Waals surface area contributed by atoms with Gasteiger partial charge in [0.25, 0.3) is 0 Å². The van der Waals surface area contributed by atoms with E-state index in [0.717, 1.165) is 37.1 Å². The summed E-state index contributed by atoms with van der Waals surface area (Å²) in [6.07, 6.45) is 4.71. The van der Waals surface area contributed by atoms with E-state index in [1.807, 2.05) is 24.0 Å². The van der Waals surface area contributed by atoms with Gasteiger partial charge in [0.05, 0.1) is 18.3 Å². The summed E-state index contributed by atoms with van der Waals surface area (Å²) in [5.74, 6) is 0. The zero-order chi connectivity index (χ0) is 12.7. The molecule has 1 aliphatic carbocycles. The van der Waals surface area contributed by atoms with Crippen LogP contribution in [0.5, 0.6) is 0 Å². The summed E-state index contributed by atoms with van der Waals surface area (Å²) < 4.78 is 4.12. The third kappa shape index (κ3) is 1.86. The van der Waals surface area contributed by atoms with E-state index in [9.17, 15) is 5.11 Å². The highest BCUT2D eigenvalue weighted by Crippen LogP contribution is 2.32. The van der Waals surface area contributed by atoms with Crippen LogP contribution in [-0.4, -0.2) is 19.5 Å². The minimum Gasteiger partial charge on any atom is -0.388 e. The first-order valence-corrected chi connectivity index (χ1v) is 6.50. The van der Waals surface area contributed by atoms with Crippen LogP contribution in [-0.2, 0) is 20.0 Å². The van der Waals surface area contributed by atoms with Crippen molar-refractivity contribution in [2.75, 3.05) is 0 Å². The maximum absolute atomic E-state index is 10.0. The molecule has 0 aliphatic heterocycles. The van der Waals surface area contributed by atoms with Crippen LogP contribution in [0.1, 0.15) is 41.6 Å². The lowest BCUT2D eigenvalue weighted by molar-refractivity contribution is 0.155. The Morgan fingerprint density at radius 1 is 1.50 bits per heavy atom. The first-order valence-electron chi connectivity index (χ1n) is 6.50. The van der Waals surface area contributed by atoms with Gasteiger partial charge < -0.3 is 9.67 Å². The SMILES string of the molecule is Cc1cc2c(n1Cc1ccn(C)n1)CCCC2O. The smallest absolute Gasteiger partial charge is 0.0821 e. The fourth-order valence-corrected chi connectivity index (χ4v) is 2.87. The number of aryl methyl sites for hydroxylation is 2. The fraction of sp³-hybridized carbons (Fsp3) is 0.500. The molecule has 0 saturated carbocycles. The Bertz CT molecular complexity index is 568. The topological polar surface area (TPSA) is 43.0 Å². The van der Waals surface area contributed by atoms with Gasteiger partial charge in [0, 0.05) is 30.2 Å². The van der Waals surface area contributed by atoms with Crippen molar-refractivity contribution in [1.29, 1.82) is 0 Å². The van der Waals surface area contributed by atoms with Crippen molar-refractivity contribution in [2.24, 2.45) is 7.05 Å². The van der Waals surface area contributed by atoms with E-state index in [-0.39, 0.29) is 6.10 Å². The van der Waals surface area contributed by atoms with Crippen LogP contribution in [0.2, 0.25) is 0 Å². The summed E-state index contributed by atoms with van der Waals surface area (Å²) >= 11 is 0. The molecule has 2 aromatic heterocycles. The van der Waals surface area contributed by atoms with Crippen LogP contribution in [0, 0.1) is 6.92 Å². The number of aliphatic hydroxyl groups excluding tert-OH is 1. The van der Waals surface area contributed by atoms with E-state index in [0.29, 0.717) is 0 Å². The molecule has 1 unspecified atom stereocenters. The van der Waals surface area contributed by atoms with Crippen molar-refractivity contribution < 1.29 is 5.11 Å². The van der Waals surface area contributed by atoms with Crippen LogP contribution in [0.15, 0.2) is 18.3 Å². The molecule has 0 saturated heterocycles. The van der Waals surface area contributed by atoms with Crippen molar-refractivity contribution >= 4 is 0 Å². The lowest BCUT2D eigenvalue weighted by Gasteiger charge is -2.20. The summed E-state index contributed by atoms with van der Waals surface area (Å²) in [5, 5.41) is 14.5. The molecule has 0 fully saturated rings. The zero-order valence-electron chi connectivity index (χ0n) is 10.9. The van der Waals surface area contributed by atoms with Gasteiger partial charge >= 0.3 is 0 Å². The van der Waals surface area contributed by atoms with Crippen molar-refractivity contribution in [3.63, 3.8) is 0 Å². The number of aliphatic hydroxyl groups is 1. The standard InChI is InChI=1S/C14H19N3O/c1-10-8-12-13(4-3-5-14(12)18)17(10)9-11-6-7-16(2)15-11/h6-8,14,18H,3-5,9H2,1-2H3. The van der Waals surface area contributed by atoms with E-state index in [4.69, 9.17) is 0 Å². The number of aromatic nitrogens is 3. The van der Waals surface area contributed by atoms with Gasteiger partial charge in [-0.15, -0.1) is 0 Å². The molecule has 0 radical (unpaired) electrons. The fourth-order valence-electron chi connectivity index (χ4n) is 2.87. The Kier molecular flexibility index (Phi) is 2.74. The van der Waals surface area contributed by atoms with Gasteiger partial charge in [0.15, 0.2) is 0 Å². The van der Waals surface area contributed by atoms with E-state index >= 15 is 0 Å². The Hall–Kier alpha value is -1.55. The quantitative estimate of drug-likeness (QED) is 0.878. The summed E-state index contributed by atoms with van der Waals surface area (Å²) in [6.45, 7) is 2.91.